The van der Waals surface area contributed by atoms with Crippen LogP contribution in [0.4, 0.5) is 0 Å². The molecular weight excluding hydrogens is 288 g/mol. The topological polar surface area (TPSA) is 51.0 Å². The van der Waals surface area contributed by atoms with E-state index < -0.39 is 0 Å². The van der Waals surface area contributed by atoms with Crippen LogP contribution in [0.2, 0.25) is 0 Å². The minimum absolute atomic E-state index is 0.0199. The van der Waals surface area contributed by atoms with Gasteiger partial charge in [-0.3, -0.25) is 0 Å². The van der Waals surface area contributed by atoms with Gasteiger partial charge < -0.3 is 19.7 Å². The zero-order chi connectivity index (χ0) is 15.8. The third-order valence-corrected chi connectivity index (χ3v) is 4.50. The highest BCUT2D eigenvalue weighted by molar-refractivity contribution is 5.51. The average Bonchev–Trinajstić information content (AvgIpc) is 3.00. The first-order chi connectivity index (χ1) is 11.3. The number of aromatic nitrogens is 1. The molecule has 23 heavy (non-hydrogen) atoms. The lowest BCUT2D eigenvalue weighted by Gasteiger charge is -2.18. The number of hydrogen-bond acceptors (Lipinski definition) is 2. The van der Waals surface area contributed by atoms with Gasteiger partial charge in [0.05, 0.1) is 24.1 Å². The second-order valence-corrected chi connectivity index (χ2v) is 5.74. The van der Waals surface area contributed by atoms with Gasteiger partial charge in [-0.15, -0.1) is 0 Å². The summed E-state index contributed by atoms with van der Waals surface area (Å²) in [6, 6.07) is 18.0. The summed E-state index contributed by atoms with van der Waals surface area (Å²) in [6.07, 6.45) is 2.08. The molecule has 2 heterocycles. The number of ether oxygens (including phenoxy) is 1. The van der Waals surface area contributed by atoms with Gasteiger partial charge in [-0.2, -0.15) is 0 Å². The molecule has 4 heteroatoms. The van der Waals surface area contributed by atoms with E-state index in [9.17, 15) is 5.11 Å². The Morgan fingerprint density at radius 3 is 2.83 bits per heavy atom. The molecule has 3 aromatic rings. The van der Waals surface area contributed by atoms with E-state index in [2.05, 4.69) is 46.4 Å². The zero-order valence-electron chi connectivity index (χ0n) is 12.9. The highest BCUT2D eigenvalue weighted by atomic mass is 16.5. The van der Waals surface area contributed by atoms with Gasteiger partial charge in [0.15, 0.2) is 6.04 Å². The standard InChI is InChI=1S/C19H18N2O2/c1-23-17-10-4-9-16(22)18(17)19-15-8-5-11-21(15)14-7-3-2-6-13(14)12-20-19/h2-11,19-20,22H,12H2,1H3/p+1/t19-/m1/s1. The fourth-order valence-electron chi connectivity index (χ4n) is 3.44. The number of methoxy groups -OCH3 is 1. The van der Waals surface area contributed by atoms with Crippen molar-refractivity contribution in [1.82, 2.24) is 4.57 Å². The summed E-state index contributed by atoms with van der Waals surface area (Å²) in [4.78, 5) is 0. The average molecular weight is 307 g/mol. The molecule has 4 nitrogen and oxygen atoms in total. The van der Waals surface area contributed by atoms with Crippen LogP contribution in [0.1, 0.15) is 22.9 Å². The van der Waals surface area contributed by atoms with E-state index in [-0.39, 0.29) is 11.8 Å². The first-order valence-electron chi connectivity index (χ1n) is 7.74. The molecule has 4 rings (SSSR count). The number of benzene rings is 2. The molecular formula is C19H19N2O2+. The fraction of sp³-hybridized carbons (Fsp3) is 0.158. The number of nitrogens with zero attached hydrogens (tertiary/aromatic N) is 1. The van der Waals surface area contributed by atoms with Gasteiger partial charge in [0.25, 0.3) is 0 Å². The monoisotopic (exact) mass is 307 g/mol. The molecule has 0 bridgehead atoms. The van der Waals surface area contributed by atoms with Gasteiger partial charge in [-0.05, 0) is 30.3 Å². The SMILES string of the molecule is COc1cccc(O)c1[C@@H]1[NH2+]Cc2ccccc2-n2cccc21. The van der Waals surface area contributed by atoms with E-state index in [1.807, 2.05) is 18.2 Å². The van der Waals surface area contributed by atoms with Gasteiger partial charge in [0.2, 0.25) is 0 Å². The van der Waals surface area contributed by atoms with Crippen LogP contribution in [0.5, 0.6) is 11.5 Å². The second kappa shape index (κ2) is 5.48. The number of fused-ring (bicyclic) bond motifs is 3. The number of nitrogens with two attached hydrogens (primary N) is 1. The molecule has 116 valence electrons. The summed E-state index contributed by atoms with van der Waals surface area (Å²) in [6.45, 7) is 0.847. The van der Waals surface area contributed by atoms with Crippen molar-refractivity contribution in [1.29, 1.82) is 0 Å². The Balaban J connectivity index is 1.91. The van der Waals surface area contributed by atoms with Crippen molar-refractivity contribution in [3.05, 3.63) is 77.6 Å². The Labute approximate surface area is 135 Å². The second-order valence-electron chi connectivity index (χ2n) is 5.74. The quantitative estimate of drug-likeness (QED) is 0.763. The van der Waals surface area contributed by atoms with Crippen LogP contribution in [0, 0.1) is 0 Å². The van der Waals surface area contributed by atoms with Crippen LogP contribution in [0.3, 0.4) is 0 Å². The Morgan fingerprint density at radius 1 is 1.09 bits per heavy atom. The number of aromatic hydroxyl groups is 1. The maximum Gasteiger partial charge on any atom is 0.160 e. The van der Waals surface area contributed by atoms with Gasteiger partial charge >= 0.3 is 0 Å². The molecule has 0 radical (unpaired) electrons. The number of quaternary nitrogens is 1. The summed E-state index contributed by atoms with van der Waals surface area (Å²) >= 11 is 0. The zero-order valence-corrected chi connectivity index (χ0v) is 12.9. The van der Waals surface area contributed by atoms with E-state index in [0.717, 1.165) is 17.8 Å². The summed E-state index contributed by atoms with van der Waals surface area (Å²) in [7, 11) is 1.64. The molecule has 1 aromatic heterocycles. The van der Waals surface area contributed by atoms with Crippen LogP contribution >= 0.6 is 0 Å². The van der Waals surface area contributed by atoms with E-state index in [4.69, 9.17) is 4.74 Å². The van der Waals surface area contributed by atoms with E-state index in [1.54, 1.807) is 13.2 Å². The van der Waals surface area contributed by atoms with Crippen molar-refractivity contribution >= 4 is 0 Å². The lowest BCUT2D eigenvalue weighted by Crippen LogP contribution is -2.83. The van der Waals surface area contributed by atoms with Crippen LogP contribution in [0.25, 0.3) is 5.69 Å². The van der Waals surface area contributed by atoms with Crippen molar-refractivity contribution in [2.45, 2.75) is 12.6 Å². The van der Waals surface area contributed by atoms with Gasteiger partial charge in [0.1, 0.15) is 18.0 Å². The molecule has 0 fully saturated rings. The molecule has 0 saturated carbocycles. The number of para-hydroxylation sites is 1. The number of hydrogen-bond donors (Lipinski definition) is 2. The molecule has 1 aliphatic rings. The lowest BCUT2D eigenvalue weighted by molar-refractivity contribution is -0.702. The van der Waals surface area contributed by atoms with Crippen LogP contribution in [0.15, 0.2) is 60.8 Å². The minimum Gasteiger partial charge on any atom is -0.507 e. The largest absolute Gasteiger partial charge is 0.507 e. The summed E-state index contributed by atoms with van der Waals surface area (Å²) < 4.78 is 7.70. The number of phenols is 1. The van der Waals surface area contributed by atoms with Crippen molar-refractivity contribution in [3.8, 4) is 17.2 Å². The van der Waals surface area contributed by atoms with Crippen LogP contribution < -0.4 is 10.1 Å². The Kier molecular flexibility index (Phi) is 3.32. The summed E-state index contributed by atoms with van der Waals surface area (Å²) in [5.41, 5.74) is 4.43. The van der Waals surface area contributed by atoms with Gasteiger partial charge in [0, 0.05) is 11.8 Å². The van der Waals surface area contributed by atoms with Crippen molar-refractivity contribution in [3.63, 3.8) is 0 Å². The predicted octanol–water partition coefficient (Wildman–Crippen LogP) is 2.36. The smallest absolute Gasteiger partial charge is 0.160 e. The molecule has 0 spiro atoms. The van der Waals surface area contributed by atoms with E-state index in [0.29, 0.717) is 5.75 Å². The predicted molar refractivity (Wildman–Crippen MR) is 87.9 cm³/mol. The van der Waals surface area contributed by atoms with Crippen molar-refractivity contribution in [2.75, 3.05) is 7.11 Å². The minimum atomic E-state index is -0.0199. The van der Waals surface area contributed by atoms with Crippen molar-refractivity contribution in [2.24, 2.45) is 0 Å². The maximum atomic E-state index is 10.4. The highest BCUT2D eigenvalue weighted by Gasteiger charge is 2.30. The number of rotatable bonds is 2. The lowest BCUT2D eigenvalue weighted by atomic mass is 10.0. The normalized spacial score (nSPS) is 16.3. The maximum absolute atomic E-state index is 10.4. The first kappa shape index (κ1) is 13.9. The molecule has 0 unspecified atom stereocenters. The molecule has 0 amide bonds. The molecule has 3 N–H and O–H groups in total. The molecule has 1 atom stereocenters. The Bertz CT molecular complexity index is 854. The third-order valence-electron chi connectivity index (χ3n) is 4.50. The third kappa shape index (κ3) is 2.19. The van der Waals surface area contributed by atoms with E-state index >= 15 is 0 Å². The van der Waals surface area contributed by atoms with Crippen LogP contribution in [-0.2, 0) is 6.54 Å². The summed E-state index contributed by atoms with van der Waals surface area (Å²) in [5.74, 6) is 0.981. The van der Waals surface area contributed by atoms with Gasteiger partial charge in [-0.25, -0.2) is 0 Å². The first-order valence-corrected chi connectivity index (χ1v) is 7.74. The Hall–Kier alpha value is -2.72. The highest BCUT2D eigenvalue weighted by Crippen LogP contribution is 2.36. The molecule has 1 aliphatic heterocycles. The fourth-order valence-corrected chi connectivity index (χ4v) is 3.44. The number of phenolic OH excluding ortho intramolecular Hbond substituents is 1. The molecule has 2 aromatic carbocycles. The molecule has 0 aliphatic carbocycles. The summed E-state index contributed by atoms with van der Waals surface area (Å²) in [5, 5.41) is 12.7. The van der Waals surface area contributed by atoms with Crippen LogP contribution in [-0.4, -0.2) is 16.8 Å². The van der Waals surface area contributed by atoms with Crippen molar-refractivity contribution < 1.29 is 15.2 Å². The molecule has 0 saturated heterocycles. The van der Waals surface area contributed by atoms with Gasteiger partial charge in [-0.1, -0.05) is 24.3 Å². The van der Waals surface area contributed by atoms with E-state index in [1.165, 1.54) is 11.3 Å². The Morgan fingerprint density at radius 2 is 1.96 bits per heavy atom.